The van der Waals surface area contributed by atoms with E-state index in [0.29, 0.717) is 40.5 Å². The fourth-order valence-corrected chi connectivity index (χ4v) is 7.92. The monoisotopic (exact) mass is 571 g/mol. The van der Waals surface area contributed by atoms with Gasteiger partial charge in [0, 0.05) is 17.4 Å². The number of imide groups is 1. The first-order chi connectivity index (χ1) is 18.7. The summed E-state index contributed by atoms with van der Waals surface area (Å²) >= 11 is 0. The van der Waals surface area contributed by atoms with Gasteiger partial charge >= 0.3 is 5.97 Å². The van der Waals surface area contributed by atoms with Crippen LogP contribution in [-0.4, -0.2) is 42.3 Å². The topological polar surface area (TPSA) is 144 Å². The highest BCUT2D eigenvalue weighted by Gasteiger charge is 2.65. The summed E-state index contributed by atoms with van der Waals surface area (Å²) in [5.41, 5.74) is -0.304. The van der Waals surface area contributed by atoms with Gasteiger partial charge in [0.1, 0.15) is 11.5 Å². The van der Waals surface area contributed by atoms with Gasteiger partial charge in [-0.3, -0.25) is 29.0 Å². The van der Waals surface area contributed by atoms with E-state index in [9.17, 15) is 27.6 Å². The van der Waals surface area contributed by atoms with E-state index in [-0.39, 0.29) is 29.0 Å². The fourth-order valence-electron chi connectivity index (χ4n) is 6.62. The molecule has 3 atom stereocenters. The number of ketones is 1. The summed E-state index contributed by atoms with van der Waals surface area (Å²) in [4.78, 5) is 48.4. The predicted octanol–water partition coefficient (Wildman–Crippen LogP) is 5.11. The smallest absolute Gasteiger partial charge is 0.314 e. The summed E-state index contributed by atoms with van der Waals surface area (Å²) < 4.78 is 36.5. The van der Waals surface area contributed by atoms with Gasteiger partial charge in [0.2, 0.25) is 0 Å². The molecular formula is C30H37NO8S. The summed E-state index contributed by atoms with van der Waals surface area (Å²) in [6, 6.07) is 8.48. The van der Waals surface area contributed by atoms with Crippen LogP contribution in [0.25, 0.3) is 10.8 Å². The van der Waals surface area contributed by atoms with Gasteiger partial charge in [-0.15, -0.1) is 0 Å². The molecule has 2 amide bonds. The molecule has 1 aliphatic heterocycles. The first kappa shape index (κ1) is 29.9. The minimum absolute atomic E-state index is 0.0152. The van der Waals surface area contributed by atoms with Crippen LogP contribution in [-0.2, 0) is 19.7 Å². The molecular weight excluding hydrogens is 534 g/mol. The Morgan fingerprint density at radius 3 is 2.40 bits per heavy atom. The second-order valence-electron chi connectivity index (χ2n) is 11.7. The van der Waals surface area contributed by atoms with E-state index in [1.54, 1.807) is 24.3 Å². The molecule has 3 aliphatic rings. The van der Waals surface area contributed by atoms with Gasteiger partial charge in [0.05, 0.1) is 22.6 Å². The van der Waals surface area contributed by atoms with Crippen molar-refractivity contribution in [3.05, 3.63) is 41.5 Å². The summed E-state index contributed by atoms with van der Waals surface area (Å²) in [7, 11) is -4.08. The molecule has 2 aromatic carbocycles. The maximum Gasteiger partial charge on any atom is 0.314 e. The number of hydrogen-bond acceptors (Lipinski definition) is 7. The summed E-state index contributed by atoms with van der Waals surface area (Å²) in [6.45, 7) is 7.95. The van der Waals surface area contributed by atoms with Gasteiger partial charge in [-0.1, -0.05) is 52.7 Å². The van der Waals surface area contributed by atoms with Gasteiger partial charge in [-0.25, -0.2) is 0 Å². The molecule has 2 saturated carbocycles. The van der Waals surface area contributed by atoms with Crippen molar-refractivity contribution in [3.8, 4) is 5.75 Å². The third-order valence-electron chi connectivity index (χ3n) is 9.19. The zero-order valence-electron chi connectivity index (χ0n) is 23.4. The average Bonchev–Trinajstić information content (AvgIpc) is 3.21. The standard InChI is InChI=1S/C20H21NO4.C10H16O4S/c1-3-5-7-12(4-2)20(24)25-14-10-13-8-6-9-15-17(13)16(11-14)19(23)21-18(15)22;1-9(2)7-3-4-10(9,8(11)5-7)6-15(12,13)14/h6,8-12H,3-5,7H2,1-2H3,(H,21,22,23);7H,3-6H2,1-2H3,(H,12,13,14). The van der Waals surface area contributed by atoms with Gasteiger partial charge in [0.25, 0.3) is 21.9 Å². The Morgan fingerprint density at radius 1 is 1.12 bits per heavy atom. The molecule has 0 aromatic heterocycles. The van der Waals surface area contributed by atoms with Gasteiger partial charge < -0.3 is 4.74 Å². The van der Waals surface area contributed by atoms with Crippen molar-refractivity contribution in [1.29, 1.82) is 0 Å². The van der Waals surface area contributed by atoms with Gasteiger partial charge in [0.15, 0.2) is 0 Å². The molecule has 3 unspecified atom stereocenters. The number of Topliss-reactive ketones (excluding diaryl/α,β-unsaturated/α-hetero) is 1. The number of nitrogens with one attached hydrogen (secondary N) is 1. The SMILES string of the molecule is CC1(C)C2CCC1(CS(=O)(=O)O)C(=O)C2.CCCCC(CC)C(=O)Oc1cc2c3c(cccc3c1)C(=O)NC2=O. The zero-order valence-corrected chi connectivity index (χ0v) is 24.2. The van der Waals surface area contributed by atoms with Gasteiger partial charge in [-0.05, 0) is 60.6 Å². The number of benzene rings is 2. The van der Waals surface area contributed by atoms with Crippen molar-refractivity contribution in [2.24, 2.45) is 22.7 Å². The number of carbonyl (C=O) groups excluding carboxylic acids is 4. The highest BCUT2D eigenvalue weighted by Crippen LogP contribution is 2.64. The van der Waals surface area contributed by atoms with E-state index < -0.39 is 33.1 Å². The quantitative estimate of drug-likeness (QED) is 0.192. The number of ether oxygens (including phenoxy) is 1. The van der Waals surface area contributed by atoms with Crippen LogP contribution in [0.5, 0.6) is 5.75 Å². The molecule has 216 valence electrons. The van der Waals surface area contributed by atoms with Crippen molar-refractivity contribution in [2.75, 3.05) is 5.75 Å². The lowest BCUT2D eigenvalue weighted by atomic mass is 9.70. The van der Waals surface area contributed by atoms with E-state index >= 15 is 0 Å². The molecule has 40 heavy (non-hydrogen) atoms. The molecule has 2 fully saturated rings. The number of unbranched alkanes of at least 4 members (excludes halogenated alkanes) is 1. The van der Waals surface area contributed by atoms with Crippen molar-refractivity contribution in [3.63, 3.8) is 0 Å². The number of esters is 1. The zero-order chi connectivity index (χ0) is 29.5. The lowest BCUT2D eigenvalue weighted by Crippen LogP contribution is -2.42. The number of hydrogen-bond donors (Lipinski definition) is 2. The summed E-state index contributed by atoms with van der Waals surface area (Å²) in [6.07, 6.45) is 5.50. The van der Waals surface area contributed by atoms with E-state index in [0.717, 1.165) is 32.1 Å². The summed E-state index contributed by atoms with van der Waals surface area (Å²) in [5.74, 6) is -1.05. The van der Waals surface area contributed by atoms with Crippen LogP contribution in [0.3, 0.4) is 0 Å². The van der Waals surface area contributed by atoms with Crippen molar-refractivity contribution < 1.29 is 36.9 Å². The molecule has 2 aromatic rings. The Hall–Kier alpha value is -3.11. The second kappa shape index (κ2) is 11.0. The molecule has 0 saturated heterocycles. The Morgan fingerprint density at radius 2 is 1.82 bits per heavy atom. The third kappa shape index (κ3) is 5.43. The van der Waals surface area contributed by atoms with Crippen LogP contribution in [0.15, 0.2) is 30.3 Å². The molecule has 10 heteroatoms. The van der Waals surface area contributed by atoms with Crippen molar-refractivity contribution >= 4 is 44.5 Å². The minimum Gasteiger partial charge on any atom is -0.426 e. The maximum absolute atomic E-state index is 12.4. The van der Waals surface area contributed by atoms with E-state index in [2.05, 4.69) is 12.2 Å². The minimum atomic E-state index is -4.08. The first-order valence-corrected chi connectivity index (χ1v) is 15.5. The Labute approximate surface area is 234 Å². The summed E-state index contributed by atoms with van der Waals surface area (Å²) in [5, 5.41) is 3.64. The van der Waals surface area contributed by atoms with Crippen LogP contribution in [0.4, 0.5) is 0 Å². The number of fused-ring (bicyclic) bond motifs is 2. The highest BCUT2D eigenvalue weighted by atomic mass is 32.2. The number of rotatable bonds is 8. The largest absolute Gasteiger partial charge is 0.426 e. The molecule has 5 rings (SSSR count). The molecule has 2 N–H and O–H groups in total. The highest BCUT2D eigenvalue weighted by molar-refractivity contribution is 7.85. The average molecular weight is 572 g/mol. The number of carbonyl (C=O) groups is 4. The van der Waals surface area contributed by atoms with Crippen LogP contribution in [0.2, 0.25) is 0 Å². The van der Waals surface area contributed by atoms with E-state index in [1.807, 2.05) is 20.8 Å². The Bertz CT molecular complexity index is 1480. The van der Waals surface area contributed by atoms with Crippen molar-refractivity contribution in [1.82, 2.24) is 5.32 Å². The molecule has 0 spiro atoms. The van der Waals surface area contributed by atoms with Crippen LogP contribution >= 0.6 is 0 Å². The van der Waals surface area contributed by atoms with E-state index in [4.69, 9.17) is 9.29 Å². The first-order valence-electron chi connectivity index (χ1n) is 13.9. The van der Waals surface area contributed by atoms with Crippen LogP contribution in [0, 0.1) is 22.7 Å². The Kier molecular flexibility index (Phi) is 8.25. The molecule has 9 nitrogen and oxygen atoms in total. The molecule has 0 radical (unpaired) electrons. The fraction of sp³-hybridized carbons (Fsp3) is 0.533. The molecule has 2 bridgehead atoms. The lowest BCUT2D eigenvalue weighted by molar-refractivity contribution is -0.139. The van der Waals surface area contributed by atoms with Crippen molar-refractivity contribution in [2.45, 2.75) is 72.6 Å². The molecule has 2 aliphatic carbocycles. The predicted molar refractivity (Wildman–Crippen MR) is 150 cm³/mol. The maximum atomic E-state index is 12.4. The van der Waals surface area contributed by atoms with Crippen LogP contribution in [0.1, 0.15) is 93.4 Å². The second-order valence-corrected chi connectivity index (χ2v) is 13.2. The van der Waals surface area contributed by atoms with E-state index in [1.165, 1.54) is 6.07 Å². The molecule has 1 heterocycles. The Balaban J connectivity index is 0.000000210. The normalized spacial score (nSPS) is 23.4. The van der Waals surface area contributed by atoms with Gasteiger partial charge in [-0.2, -0.15) is 8.42 Å². The lowest BCUT2D eigenvalue weighted by Gasteiger charge is -2.35. The van der Waals surface area contributed by atoms with Crippen LogP contribution < -0.4 is 10.1 Å². The number of amides is 2. The third-order valence-corrected chi connectivity index (χ3v) is 10.0.